The van der Waals surface area contributed by atoms with Crippen molar-refractivity contribution in [1.82, 2.24) is 4.31 Å². The Morgan fingerprint density at radius 3 is 2.71 bits per heavy atom. The maximum absolute atomic E-state index is 11.9. The zero-order chi connectivity index (χ0) is 13.1. The Morgan fingerprint density at radius 1 is 1.59 bits per heavy atom. The molecule has 1 rings (SSSR count). The third-order valence-corrected chi connectivity index (χ3v) is 4.74. The summed E-state index contributed by atoms with van der Waals surface area (Å²) in [6, 6.07) is 0. The Balaban J connectivity index is 2.53. The van der Waals surface area contributed by atoms with Crippen molar-refractivity contribution in [2.45, 2.75) is 25.9 Å². The van der Waals surface area contributed by atoms with E-state index in [4.69, 9.17) is 9.84 Å². The molecule has 100 valence electrons. The molecule has 0 aromatic heterocycles. The van der Waals surface area contributed by atoms with Crippen LogP contribution in [0, 0.1) is 5.92 Å². The lowest BCUT2D eigenvalue weighted by molar-refractivity contribution is -0.141. The van der Waals surface area contributed by atoms with Crippen molar-refractivity contribution in [3.05, 3.63) is 0 Å². The van der Waals surface area contributed by atoms with Gasteiger partial charge in [0.15, 0.2) is 0 Å². The third-order valence-electron chi connectivity index (χ3n) is 2.85. The molecule has 1 aliphatic heterocycles. The van der Waals surface area contributed by atoms with E-state index in [1.807, 2.05) is 0 Å². The minimum absolute atomic E-state index is 0.00954. The van der Waals surface area contributed by atoms with E-state index < -0.39 is 21.9 Å². The van der Waals surface area contributed by atoms with E-state index in [9.17, 15) is 13.2 Å². The third kappa shape index (κ3) is 4.25. The standard InChI is InChI=1S/C10H19NO5S/c1-8(10(12)13)6-11(2)17(14,15)7-9-4-3-5-16-9/h8-9H,3-7H2,1-2H3,(H,12,13). The summed E-state index contributed by atoms with van der Waals surface area (Å²) in [5.41, 5.74) is 0. The maximum atomic E-state index is 11.9. The second kappa shape index (κ2) is 5.79. The Hall–Kier alpha value is -0.660. The summed E-state index contributed by atoms with van der Waals surface area (Å²) >= 11 is 0. The molecule has 0 bridgehead atoms. The van der Waals surface area contributed by atoms with Gasteiger partial charge in [-0.1, -0.05) is 6.92 Å². The zero-order valence-corrected chi connectivity index (χ0v) is 10.9. The monoisotopic (exact) mass is 265 g/mol. The van der Waals surface area contributed by atoms with Crippen LogP contribution in [-0.2, 0) is 19.6 Å². The van der Waals surface area contributed by atoms with E-state index in [0.717, 1.165) is 17.1 Å². The van der Waals surface area contributed by atoms with Gasteiger partial charge in [-0.2, -0.15) is 0 Å². The summed E-state index contributed by atoms with van der Waals surface area (Å²) in [7, 11) is -2.02. The van der Waals surface area contributed by atoms with Gasteiger partial charge in [-0.25, -0.2) is 12.7 Å². The van der Waals surface area contributed by atoms with Crippen LogP contribution >= 0.6 is 0 Å². The van der Waals surface area contributed by atoms with E-state index in [1.54, 1.807) is 0 Å². The van der Waals surface area contributed by atoms with Crippen molar-refractivity contribution in [3.63, 3.8) is 0 Å². The summed E-state index contributed by atoms with van der Waals surface area (Å²) in [6.45, 7) is 2.08. The minimum atomic E-state index is -3.43. The number of nitrogens with zero attached hydrogens (tertiary/aromatic N) is 1. The van der Waals surface area contributed by atoms with Crippen LogP contribution in [0.4, 0.5) is 0 Å². The van der Waals surface area contributed by atoms with Crippen LogP contribution in [0.3, 0.4) is 0 Å². The van der Waals surface area contributed by atoms with Crippen LogP contribution in [0.15, 0.2) is 0 Å². The Morgan fingerprint density at radius 2 is 2.24 bits per heavy atom. The number of sulfonamides is 1. The molecule has 6 nitrogen and oxygen atoms in total. The Kier molecular flexibility index (Phi) is 4.91. The highest BCUT2D eigenvalue weighted by molar-refractivity contribution is 7.89. The number of rotatable bonds is 6. The van der Waals surface area contributed by atoms with E-state index in [1.165, 1.54) is 14.0 Å². The summed E-state index contributed by atoms with van der Waals surface area (Å²) < 4.78 is 30.2. The van der Waals surface area contributed by atoms with E-state index >= 15 is 0 Å². The molecule has 1 N–H and O–H groups in total. The molecule has 0 radical (unpaired) electrons. The summed E-state index contributed by atoms with van der Waals surface area (Å²) in [6.07, 6.45) is 1.39. The molecule has 17 heavy (non-hydrogen) atoms. The van der Waals surface area contributed by atoms with Crippen LogP contribution in [0.25, 0.3) is 0 Å². The highest BCUT2D eigenvalue weighted by Gasteiger charge is 2.28. The lowest BCUT2D eigenvalue weighted by atomic mass is 10.2. The number of carboxylic acid groups (broad SMARTS) is 1. The first-order valence-electron chi connectivity index (χ1n) is 5.61. The van der Waals surface area contributed by atoms with Crippen molar-refractivity contribution >= 4 is 16.0 Å². The summed E-state index contributed by atoms with van der Waals surface area (Å²) in [5.74, 6) is -1.76. The average Bonchev–Trinajstić information content (AvgIpc) is 2.69. The van der Waals surface area contributed by atoms with Gasteiger partial charge in [-0.15, -0.1) is 0 Å². The minimum Gasteiger partial charge on any atom is -0.481 e. The van der Waals surface area contributed by atoms with Crippen molar-refractivity contribution in [2.75, 3.05) is 26.0 Å². The molecule has 0 spiro atoms. The number of carbonyl (C=O) groups is 1. The molecule has 0 aromatic rings. The topological polar surface area (TPSA) is 83.9 Å². The van der Waals surface area contributed by atoms with Crippen LogP contribution in [-0.4, -0.2) is 55.9 Å². The van der Waals surface area contributed by atoms with E-state index in [0.29, 0.717) is 6.61 Å². The van der Waals surface area contributed by atoms with Crippen molar-refractivity contribution < 1.29 is 23.1 Å². The lowest BCUT2D eigenvalue weighted by Crippen LogP contribution is -2.38. The lowest BCUT2D eigenvalue weighted by Gasteiger charge is -2.20. The Bertz CT molecular complexity index is 361. The van der Waals surface area contributed by atoms with Gasteiger partial charge in [0.1, 0.15) is 0 Å². The average molecular weight is 265 g/mol. The number of carboxylic acids is 1. The van der Waals surface area contributed by atoms with Crippen molar-refractivity contribution in [1.29, 1.82) is 0 Å². The van der Waals surface area contributed by atoms with Gasteiger partial charge in [-0.3, -0.25) is 4.79 Å². The molecular weight excluding hydrogens is 246 g/mol. The Labute approximate surface area is 102 Å². The first-order chi connectivity index (χ1) is 7.83. The molecule has 1 aliphatic rings. The van der Waals surface area contributed by atoms with Crippen molar-refractivity contribution in [3.8, 4) is 0 Å². The zero-order valence-electron chi connectivity index (χ0n) is 10.1. The van der Waals surface area contributed by atoms with Crippen LogP contribution < -0.4 is 0 Å². The fourth-order valence-electron chi connectivity index (χ4n) is 1.72. The quantitative estimate of drug-likeness (QED) is 0.739. The molecular formula is C10H19NO5S. The highest BCUT2D eigenvalue weighted by Crippen LogP contribution is 2.16. The van der Waals surface area contributed by atoms with E-state index in [-0.39, 0.29) is 18.4 Å². The summed E-state index contributed by atoms with van der Waals surface area (Å²) in [5, 5.41) is 8.73. The fourth-order valence-corrected chi connectivity index (χ4v) is 3.15. The second-order valence-corrected chi connectivity index (χ2v) is 6.55. The van der Waals surface area contributed by atoms with Crippen LogP contribution in [0.1, 0.15) is 19.8 Å². The van der Waals surface area contributed by atoms with Crippen molar-refractivity contribution in [2.24, 2.45) is 5.92 Å². The predicted molar refractivity (Wildman–Crippen MR) is 62.2 cm³/mol. The predicted octanol–water partition coefficient (Wildman–Crippen LogP) is 0.148. The molecule has 0 aromatic carbocycles. The van der Waals surface area contributed by atoms with Gasteiger partial charge in [0.05, 0.1) is 17.8 Å². The maximum Gasteiger partial charge on any atom is 0.307 e. The van der Waals surface area contributed by atoms with Gasteiger partial charge < -0.3 is 9.84 Å². The van der Waals surface area contributed by atoms with E-state index in [2.05, 4.69) is 0 Å². The first-order valence-corrected chi connectivity index (χ1v) is 7.22. The van der Waals surface area contributed by atoms with Gasteiger partial charge in [0.25, 0.3) is 0 Å². The second-order valence-electron chi connectivity index (χ2n) is 4.43. The molecule has 1 heterocycles. The molecule has 2 unspecified atom stereocenters. The van der Waals surface area contributed by atoms with Crippen LogP contribution in [0.5, 0.6) is 0 Å². The largest absolute Gasteiger partial charge is 0.481 e. The number of aliphatic carboxylic acids is 1. The molecule has 0 saturated carbocycles. The molecule has 7 heteroatoms. The molecule has 1 saturated heterocycles. The smallest absolute Gasteiger partial charge is 0.307 e. The molecule has 2 atom stereocenters. The van der Waals surface area contributed by atoms with Gasteiger partial charge in [0.2, 0.25) is 10.0 Å². The number of hydrogen-bond donors (Lipinski definition) is 1. The SMILES string of the molecule is CC(CN(C)S(=O)(=O)CC1CCCO1)C(=O)O. The van der Waals surface area contributed by atoms with Gasteiger partial charge in [0, 0.05) is 20.2 Å². The number of hydrogen-bond acceptors (Lipinski definition) is 4. The highest BCUT2D eigenvalue weighted by atomic mass is 32.2. The molecule has 1 fully saturated rings. The van der Waals surface area contributed by atoms with Gasteiger partial charge in [-0.05, 0) is 12.8 Å². The van der Waals surface area contributed by atoms with Crippen LogP contribution in [0.2, 0.25) is 0 Å². The molecule has 0 amide bonds. The number of ether oxygens (including phenoxy) is 1. The summed E-state index contributed by atoms with van der Waals surface area (Å²) in [4.78, 5) is 10.7. The fraction of sp³-hybridized carbons (Fsp3) is 0.900. The first kappa shape index (κ1) is 14.4. The normalized spacial score (nSPS) is 22.9. The molecule has 0 aliphatic carbocycles. The van der Waals surface area contributed by atoms with Gasteiger partial charge >= 0.3 is 5.97 Å².